The standard InChI is InChI=1S/C13H26O3/c1-3-4-9-13(14)10-7-5-6-8-11-16-12-15-2/h3-12H2,1-2H3. The van der Waals surface area contributed by atoms with Crippen LogP contribution in [-0.4, -0.2) is 26.3 Å². The topological polar surface area (TPSA) is 35.5 Å². The molecule has 0 aromatic rings. The summed E-state index contributed by atoms with van der Waals surface area (Å²) in [5.74, 6) is 0.428. The molecule has 0 spiro atoms. The molecule has 0 radical (unpaired) electrons. The molecule has 0 aliphatic rings. The summed E-state index contributed by atoms with van der Waals surface area (Å²) in [5, 5.41) is 0. The summed E-state index contributed by atoms with van der Waals surface area (Å²) in [6, 6.07) is 0. The molecule has 0 heterocycles. The van der Waals surface area contributed by atoms with E-state index in [1.54, 1.807) is 7.11 Å². The van der Waals surface area contributed by atoms with E-state index in [0.29, 0.717) is 12.6 Å². The summed E-state index contributed by atoms with van der Waals surface area (Å²) < 4.78 is 9.95. The first-order valence-corrected chi connectivity index (χ1v) is 6.39. The summed E-state index contributed by atoms with van der Waals surface area (Å²) in [7, 11) is 1.63. The highest BCUT2D eigenvalue weighted by Crippen LogP contribution is 2.06. The monoisotopic (exact) mass is 230 g/mol. The molecule has 0 amide bonds. The van der Waals surface area contributed by atoms with Gasteiger partial charge in [0.05, 0.1) is 0 Å². The van der Waals surface area contributed by atoms with Crippen molar-refractivity contribution in [3.8, 4) is 0 Å². The number of ether oxygens (including phenoxy) is 2. The van der Waals surface area contributed by atoms with E-state index in [2.05, 4.69) is 6.92 Å². The number of Topliss-reactive ketones (excluding diaryl/α,β-unsaturated/α-hetero) is 1. The fraction of sp³-hybridized carbons (Fsp3) is 0.923. The zero-order valence-corrected chi connectivity index (χ0v) is 10.8. The first-order chi connectivity index (χ1) is 7.81. The minimum Gasteiger partial charge on any atom is -0.359 e. The van der Waals surface area contributed by atoms with Crippen LogP contribution < -0.4 is 0 Å². The van der Waals surface area contributed by atoms with Crippen molar-refractivity contribution >= 4 is 5.78 Å². The third-order valence-electron chi connectivity index (χ3n) is 2.50. The number of methoxy groups -OCH3 is 1. The van der Waals surface area contributed by atoms with Crippen LogP contribution in [0.2, 0.25) is 0 Å². The third-order valence-corrected chi connectivity index (χ3v) is 2.50. The fourth-order valence-corrected chi connectivity index (χ4v) is 1.52. The Balaban J connectivity index is 3.05. The first-order valence-electron chi connectivity index (χ1n) is 6.39. The summed E-state index contributed by atoms with van der Waals surface area (Å²) >= 11 is 0. The van der Waals surface area contributed by atoms with Crippen LogP contribution in [0.15, 0.2) is 0 Å². The number of hydrogen-bond acceptors (Lipinski definition) is 3. The van der Waals surface area contributed by atoms with Gasteiger partial charge in [0.25, 0.3) is 0 Å². The third kappa shape index (κ3) is 11.7. The molecule has 0 aromatic heterocycles. The summed E-state index contributed by atoms with van der Waals surface area (Å²) in [6.07, 6.45) is 8.07. The lowest BCUT2D eigenvalue weighted by molar-refractivity contribution is -0.119. The summed E-state index contributed by atoms with van der Waals surface area (Å²) in [5.41, 5.74) is 0. The molecule has 3 heteroatoms. The maximum Gasteiger partial charge on any atom is 0.146 e. The molecule has 0 saturated carbocycles. The number of unbranched alkanes of at least 4 members (excludes halogenated alkanes) is 4. The van der Waals surface area contributed by atoms with Gasteiger partial charge in [-0.25, -0.2) is 0 Å². The molecule has 0 bridgehead atoms. The molecule has 0 rings (SSSR count). The molecule has 0 unspecified atom stereocenters. The van der Waals surface area contributed by atoms with Gasteiger partial charge < -0.3 is 9.47 Å². The molecule has 0 fully saturated rings. The average molecular weight is 230 g/mol. The van der Waals surface area contributed by atoms with Crippen LogP contribution in [0.5, 0.6) is 0 Å². The van der Waals surface area contributed by atoms with Crippen molar-refractivity contribution in [2.24, 2.45) is 0 Å². The van der Waals surface area contributed by atoms with Gasteiger partial charge in [0.15, 0.2) is 0 Å². The van der Waals surface area contributed by atoms with E-state index in [1.807, 2.05) is 0 Å². The molecule has 0 aliphatic carbocycles. The van der Waals surface area contributed by atoms with Gasteiger partial charge in [-0.05, 0) is 19.3 Å². The highest BCUT2D eigenvalue weighted by Gasteiger charge is 2.00. The quantitative estimate of drug-likeness (QED) is 0.381. The van der Waals surface area contributed by atoms with Gasteiger partial charge in [0, 0.05) is 26.6 Å². The van der Waals surface area contributed by atoms with Crippen molar-refractivity contribution in [3.05, 3.63) is 0 Å². The molecule has 0 aromatic carbocycles. The van der Waals surface area contributed by atoms with Crippen molar-refractivity contribution in [1.82, 2.24) is 0 Å². The van der Waals surface area contributed by atoms with Crippen LogP contribution in [0.25, 0.3) is 0 Å². The van der Waals surface area contributed by atoms with Gasteiger partial charge in [-0.1, -0.05) is 26.2 Å². The van der Waals surface area contributed by atoms with Gasteiger partial charge in [-0.15, -0.1) is 0 Å². The van der Waals surface area contributed by atoms with Crippen LogP contribution in [0.4, 0.5) is 0 Å². The zero-order chi connectivity index (χ0) is 12.1. The van der Waals surface area contributed by atoms with Crippen molar-refractivity contribution in [3.63, 3.8) is 0 Å². The van der Waals surface area contributed by atoms with Gasteiger partial charge in [-0.3, -0.25) is 4.79 Å². The Morgan fingerprint density at radius 1 is 1.00 bits per heavy atom. The van der Waals surface area contributed by atoms with E-state index in [1.165, 1.54) is 0 Å². The summed E-state index contributed by atoms with van der Waals surface area (Å²) in [4.78, 5) is 11.3. The molecular formula is C13H26O3. The lowest BCUT2D eigenvalue weighted by Gasteiger charge is -2.03. The average Bonchev–Trinajstić information content (AvgIpc) is 2.30. The number of carbonyl (C=O) groups excluding carboxylic acids is 1. The van der Waals surface area contributed by atoms with Gasteiger partial charge in [-0.2, -0.15) is 0 Å². The molecule has 16 heavy (non-hydrogen) atoms. The predicted molar refractivity (Wildman–Crippen MR) is 65.4 cm³/mol. The molecule has 0 aliphatic heterocycles. The van der Waals surface area contributed by atoms with Crippen molar-refractivity contribution < 1.29 is 14.3 Å². The zero-order valence-electron chi connectivity index (χ0n) is 10.8. The molecule has 0 N–H and O–H groups in total. The minimum atomic E-state index is 0.384. The van der Waals surface area contributed by atoms with E-state index in [-0.39, 0.29) is 0 Å². The number of ketones is 1. The highest BCUT2D eigenvalue weighted by atomic mass is 16.7. The van der Waals surface area contributed by atoms with E-state index in [9.17, 15) is 4.79 Å². The van der Waals surface area contributed by atoms with Crippen LogP contribution in [0, 0.1) is 0 Å². The second-order valence-electron chi connectivity index (χ2n) is 4.12. The highest BCUT2D eigenvalue weighted by molar-refractivity contribution is 5.78. The van der Waals surface area contributed by atoms with Crippen molar-refractivity contribution in [2.75, 3.05) is 20.5 Å². The van der Waals surface area contributed by atoms with Gasteiger partial charge >= 0.3 is 0 Å². The Morgan fingerprint density at radius 2 is 1.69 bits per heavy atom. The molecular weight excluding hydrogens is 204 g/mol. The largest absolute Gasteiger partial charge is 0.359 e. The summed E-state index contributed by atoms with van der Waals surface area (Å²) in [6.45, 7) is 3.26. The fourth-order valence-electron chi connectivity index (χ4n) is 1.52. The maximum atomic E-state index is 11.3. The van der Waals surface area contributed by atoms with Crippen molar-refractivity contribution in [1.29, 1.82) is 0 Å². The van der Waals surface area contributed by atoms with E-state index in [4.69, 9.17) is 9.47 Å². The molecule has 96 valence electrons. The molecule has 3 nitrogen and oxygen atoms in total. The smallest absolute Gasteiger partial charge is 0.146 e. The Bertz CT molecular complexity index is 157. The van der Waals surface area contributed by atoms with Gasteiger partial charge in [0.1, 0.15) is 12.6 Å². The number of carbonyl (C=O) groups is 1. The maximum absolute atomic E-state index is 11.3. The number of rotatable bonds is 12. The second kappa shape index (κ2) is 12.7. The second-order valence-corrected chi connectivity index (χ2v) is 4.12. The lowest BCUT2D eigenvalue weighted by atomic mass is 10.1. The van der Waals surface area contributed by atoms with Crippen LogP contribution in [0.3, 0.4) is 0 Å². The van der Waals surface area contributed by atoms with Crippen molar-refractivity contribution in [2.45, 2.75) is 58.3 Å². The molecule has 0 saturated heterocycles. The SMILES string of the molecule is CCCCC(=O)CCCCCCOCOC. The normalized spacial score (nSPS) is 10.6. The van der Waals surface area contributed by atoms with Gasteiger partial charge in [0.2, 0.25) is 0 Å². The lowest BCUT2D eigenvalue weighted by Crippen LogP contribution is -1.99. The van der Waals surface area contributed by atoms with Crippen LogP contribution in [-0.2, 0) is 14.3 Å². The Kier molecular flexibility index (Phi) is 12.3. The minimum absolute atomic E-state index is 0.384. The first kappa shape index (κ1) is 15.6. The number of hydrogen-bond donors (Lipinski definition) is 0. The van der Waals surface area contributed by atoms with Crippen LogP contribution in [0.1, 0.15) is 58.3 Å². The predicted octanol–water partition coefficient (Wildman–Crippen LogP) is 3.32. The van der Waals surface area contributed by atoms with Crippen LogP contribution >= 0.6 is 0 Å². The Morgan fingerprint density at radius 3 is 2.38 bits per heavy atom. The van der Waals surface area contributed by atoms with E-state index < -0.39 is 0 Å². The Labute approximate surface area is 99.5 Å². The van der Waals surface area contributed by atoms with E-state index in [0.717, 1.165) is 58.0 Å². The van der Waals surface area contributed by atoms with E-state index >= 15 is 0 Å². The Hall–Kier alpha value is -0.410. The molecule has 0 atom stereocenters.